The topological polar surface area (TPSA) is 0 Å². The summed E-state index contributed by atoms with van der Waals surface area (Å²) in [7, 11) is 8.55. The van der Waals surface area contributed by atoms with E-state index in [1.165, 1.54) is 70.6 Å². The average Bonchev–Trinajstić information content (AvgIpc) is 3.39. The van der Waals surface area contributed by atoms with Crippen molar-refractivity contribution in [3.05, 3.63) is 37.1 Å². The summed E-state index contributed by atoms with van der Waals surface area (Å²) in [5.41, 5.74) is 11.4. The van der Waals surface area contributed by atoms with Crippen molar-refractivity contribution in [1.82, 2.24) is 0 Å². The standard InChI is InChI=1S/C25H40Si.2CH3.2ClH.Zr/c1-26(21-11-3-2-4-12-21,24-17-15-19-9-5-7-13-22(19)24)25-18-16-20-10-6-8-14-23(20)25;;;;;/h21,24-25H,2-18H2,1H3;2*1H3;2*1H;/q;2*-1;;;+4/p-2/t24-,25-;;;;;/m0...../s1. The van der Waals surface area contributed by atoms with Gasteiger partial charge in [0.05, 0.1) is 8.07 Å². The molecule has 0 N–H and O–H groups in total. The Labute approximate surface area is 214 Å². The molecule has 0 unspecified atom stereocenters. The zero-order valence-electron chi connectivity index (χ0n) is 20.5. The Morgan fingerprint density at radius 1 is 0.613 bits per heavy atom. The first-order chi connectivity index (χ1) is 14.2. The van der Waals surface area contributed by atoms with E-state index >= 15 is 0 Å². The molecule has 1 saturated carbocycles. The summed E-state index contributed by atoms with van der Waals surface area (Å²) in [5, 5.41) is 0. The van der Waals surface area contributed by atoms with E-state index in [9.17, 15) is 0 Å². The molecule has 5 aliphatic carbocycles. The van der Waals surface area contributed by atoms with Crippen LogP contribution in [0.25, 0.3) is 0 Å². The third kappa shape index (κ3) is 5.87. The molecule has 0 aliphatic heterocycles. The molecule has 0 bridgehead atoms. The first kappa shape index (κ1) is 28.4. The first-order valence-electron chi connectivity index (χ1n) is 12.6. The van der Waals surface area contributed by atoms with Crippen LogP contribution in [-0.4, -0.2) is 8.07 Å². The van der Waals surface area contributed by atoms with Crippen LogP contribution in [0.15, 0.2) is 22.3 Å². The van der Waals surface area contributed by atoms with Crippen LogP contribution >= 0.6 is 17.0 Å². The summed E-state index contributed by atoms with van der Waals surface area (Å²) in [6.45, 7) is 2.95. The van der Waals surface area contributed by atoms with Crippen molar-refractivity contribution >= 4 is 25.1 Å². The molecule has 0 heterocycles. The molecule has 0 spiro atoms. The van der Waals surface area contributed by atoms with Gasteiger partial charge in [-0.25, -0.2) is 0 Å². The molecule has 0 aromatic rings. The summed E-state index contributed by atoms with van der Waals surface area (Å²) in [4.78, 5) is 0. The SMILES string of the molecule is C[Si](C1CCCCC1)([C@H]1CCC2=C1CCCC2)[C@H]1CCC2=C1CCCC2.[CH3-].[CH3-].[Cl][Zr+2][Cl]. The first-order valence-corrected chi connectivity index (χ1v) is 21.6. The van der Waals surface area contributed by atoms with Gasteiger partial charge in [0.15, 0.2) is 0 Å². The minimum atomic E-state index is -1.31. The number of rotatable bonds is 3. The van der Waals surface area contributed by atoms with Gasteiger partial charge in [0.2, 0.25) is 0 Å². The van der Waals surface area contributed by atoms with Crippen molar-refractivity contribution in [2.75, 3.05) is 0 Å². The van der Waals surface area contributed by atoms with Crippen molar-refractivity contribution in [2.24, 2.45) is 0 Å². The van der Waals surface area contributed by atoms with Gasteiger partial charge in [0.1, 0.15) is 0 Å². The van der Waals surface area contributed by atoms with Crippen LogP contribution in [0.5, 0.6) is 0 Å². The van der Waals surface area contributed by atoms with Crippen LogP contribution in [0.2, 0.25) is 23.2 Å². The Balaban J connectivity index is 0.000000648. The molecule has 0 amide bonds. The average molecular weight is 561 g/mol. The van der Waals surface area contributed by atoms with Crippen molar-refractivity contribution in [3.63, 3.8) is 0 Å². The number of allylic oxidation sites excluding steroid dienone is 4. The molecule has 5 aliphatic rings. The van der Waals surface area contributed by atoms with Crippen LogP contribution < -0.4 is 0 Å². The Bertz CT molecular complexity index is 593. The summed E-state index contributed by atoms with van der Waals surface area (Å²) in [6, 6.07) is 0. The molecule has 0 radical (unpaired) electrons. The Hall–Kier alpha value is 1.16. The fourth-order valence-corrected chi connectivity index (χ4v) is 15.3. The number of hydrogen-bond donors (Lipinski definition) is 0. The summed E-state index contributed by atoms with van der Waals surface area (Å²) in [6.07, 6.45) is 25.9. The van der Waals surface area contributed by atoms with Gasteiger partial charge in [-0.3, -0.25) is 0 Å². The predicted octanol–water partition coefficient (Wildman–Crippen LogP) is 10.7. The van der Waals surface area contributed by atoms with Crippen LogP contribution in [-0.2, 0) is 20.8 Å². The van der Waals surface area contributed by atoms with E-state index in [4.69, 9.17) is 17.0 Å². The second kappa shape index (κ2) is 13.3. The van der Waals surface area contributed by atoms with Crippen molar-refractivity contribution in [2.45, 2.75) is 132 Å². The molecular weight excluding hydrogens is 515 g/mol. The number of hydrogen-bond acceptors (Lipinski definition) is 0. The molecule has 0 saturated heterocycles. The Kier molecular flexibility index (Phi) is 12.2. The maximum absolute atomic E-state index is 4.93. The second-order valence-electron chi connectivity index (χ2n) is 10.6. The molecule has 4 heteroatoms. The van der Waals surface area contributed by atoms with Gasteiger partial charge < -0.3 is 14.9 Å². The monoisotopic (exact) mass is 558 g/mol. The fraction of sp³-hybridized carbons (Fsp3) is 0.778. The summed E-state index contributed by atoms with van der Waals surface area (Å²) < 4.78 is 0. The van der Waals surface area contributed by atoms with Gasteiger partial charge in [0.25, 0.3) is 0 Å². The molecule has 1 fully saturated rings. The van der Waals surface area contributed by atoms with Crippen molar-refractivity contribution in [1.29, 1.82) is 0 Å². The summed E-state index contributed by atoms with van der Waals surface area (Å²) in [5.74, 6) is 0. The molecule has 0 nitrogen and oxygen atoms in total. The van der Waals surface area contributed by atoms with Crippen LogP contribution in [0.4, 0.5) is 0 Å². The van der Waals surface area contributed by atoms with E-state index in [1.54, 1.807) is 38.5 Å². The van der Waals surface area contributed by atoms with Crippen LogP contribution in [0, 0.1) is 14.9 Å². The van der Waals surface area contributed by atoms with E-state index in [0.717, 1.165) is 16.6 Å². The van der Waals surface area contributed by atoms with Crippen LogP contribution in [0.3, 0.4) is 0 Å². The van der Waals surface area contributed by atoms with E-state index < -0.39 is 28.9 Å². The Morgan fingerprint density at radius 3 is 1.48 bits per heavy atom. The number of halogens is 2. The molecule has 0 aromatic heterocycles. The van der Waals surface area contributed by atoms with Gasteiger partial charge in [-0.1, -0.05) is 60.9 Å². The van der Waals surface area contributed by atoms with Gasteiger partial charge in [-0.15, -0.1) is 0 Å². The van der Waals surface area contributed by atoms with Gasteiger partial charge >= 0.3 is 37.9 Å². The van der Waals surface area contributed by atoms with Gasteiger partial charge in [-0.05, 0) is 93.7 Å². The van der Waals surface area contributed by atoms with E-state index in [1.807, 2.05) is 11.1 Å². The third-order valence-electron chi connectivity index (χ3n) is 9.55. The maximum atomic E-state index is 4.93. The molecule has 2 atom stereocenters. The van der Waals surface area contributed by atoms with E-state index in [0.29, 0.717) is 0 Å². The molecule has 5 rings (SSSR count). The zero-order chi connectivity index (χ0) is 20.3. The predicted molar refractivity (Wildman–Crippen MR) is 140 cm³/mol. The fourth-order valence-electron chi connectivity index (χ4n) is 8.29. The molecular formula is C27H46Cl2SiZr. The third-order valence-corrected chi connectivity index (χ3v) is 16.2. The Morgan fingerprint density at radius 2 is 1.03 bits per heavy atom. The second-order valence-corrected chi connectivity index (χ2v) is 19.3. The van der Waals surface area contributed by atoms with E-state index in [-0.39, 0.29) is 14.9 Å². The van der Waals surface area contributed by atoms with E-state index in [2.05, 4.69) is 17.7 Å². The minimum absolute atomic E-state index is 0. The molecule has 0 aromatic carbocycles. The van der Waals surface area contributed by atoms with Crippen molar-refractivity contribution < 1.29 is 20.8 Å². The zero-order valence-corrected chi connectivity index (χ0v) is 25.5. The molecule has 176 valence electrons. The van der Waals surface area contributed by atoms with Crippen molar-refractivity contribution in [3.8, 4) is 0 Å². The van der Waals surface area contributed by atoms with Gasteiger partial charge in [-0.2, -0.15) is 0 Å². The van der Waals surface area contributed by atoms with Crippen LogP contribution in [0.1, 0.15) is 109 Å². The summed E-state index contributed by atoms with van der Waals surface area (Å²) >= 11 is -0.826. The van der Waals surface area contributed by atoms with Gasteiger partial charge in [0, 0.05) is 0 Å². The normalized spacial score (nSPS) is 28.5. The molecule has 31 heavy (non-hydrogen) atoms. The quantitative estimate of drug-likeness (QED) is 0.183.